The molecule has 4 heteroatoms. The van der Waals surface area contributed by atoms with Gasteiger partial charge in [0, 0.05) is 24.3 Å². The summed E-state index contributed by atoms with van der Waals surface area (Å²) in [6.45, 7) is 4.42. The van der Waals surface area contributed by atoms with E-state index < -0.39 is 0 Å². The molecule has 19 heavy (non-hydrogen) atoms. The highest BCUT2D eigenvalue weighted by atomic mass is 32.1. The monoisotopic (exact) mass is 277 g/mol. The number of likely N-dealkylation sites (tertiary alicyclic amines) is 1. The fourth-order valence-electron chi connectivity index (χ4n) is 2.72. The molecular formula is C15H23N3S. The van der Waals surface area contributed by atoms with E-state index in [4.69, 9.17) is 18.0 Å². The summed E-state index contributed by atoms with van der Waals surface area (Å²) in [4.78, 5) is 5.22. The molecular weight excluding hydrogens is 254 g/mol. The summed E-state index contributed by atoms with van der Waals surface area (Å²) in [6, 6.07) is 6.87. The summed E-state index contributed by atoms with van der Waals surface area (Å²) in [5, 5.41) is 0. The third-order valence-electron chi connectivity index (χ3n) is 4.03. The van der Waals surface area contributed by atoms with Crippen LogP contribution in [0.4, 0.5) is 5.69 Å². The molecule has 1 aromatic carbocycles. The van der Waals surface area contributed by atoms with E-state index in [2.05, 4.69) is 43.0 Å². The van der Waals surface area contributed by atoms with Gasteiger partial charge in [-0.2, -0.15) is 0 Å². The first-order valence-electron chi connectivity index (χ1n) is 6.81. The van der Waals surface area contributed by atoms with Gasteiger partial charge in [-0.3, -0.25) is 0 Å². The Morgan fingerprint density at radius 1 is 1.37 bits per heavy atom. The molecule has 3 nitrogen and oxygen atoms in total. The number of aryl methyl sites for hydroxylation is 1. The molecule has 0 amide bonds. The van der Waals surface area contributed by atoms with E-state index in [1.54, 1.807) is 0 Å². The van der Waals surface area contributed by atoms with Gasteiger partial charge in [0.1, 0.15) is 4.99 Å². The molecule has 2 N–H and O–H groups in total. The number of hydrogen-bond acceptors (Lipinski definition) is 3. The number of anilines is 1. The predicted molar refractivity (Wildman–Crippen MR) is 86.0 cm³/mol. The first-order valence-corrected chi connectivity index (χ1v) is 7.21. The van der Waals surface area contributed by atoms with Gasteiger partial charge in [0.2, 0.25) is 0 Å². The first kappa shape index (κ1) is 14.3. The number of rotatable bonds is 3. The minimum atomic E-state index is 0.481. The second-order valence-corrected chi connectivity index (χ2v) is 5.97. The molecule has 104 valence electrons. The number of nitrogens with zero attached hydrogens (tertiary/aromatic N) is 2. The van der Waals surface area contributed by atoms with Crippen LogP contribution < -0.4 is 10.6 Å². The van der Waals surface area contributed by atoms with Gasteiger partial charge in [0.05, 0.1) is 0 Å². The van der Waals surface area contributed by atoms with E-state index in [1.165, 1.54) is 24.1 Å². The standard InChI is InChI=1S/C15H23N3S/c1-11-4-5-13(15(16)19)14(10-11)18(3)12-6-8-17(2)9-7-12/h4-5,10,12H,6-9H2,1-3H3,(H2,16,19). The summed E-state index contributed by atoms with van der Waals surface area (Å²) in [5.41, 5.74) is 9.25. The Morgan fingerprint density at radius 2 is 2.00 bits per heavy atom. The van der Waals surface area contributed by atoms with Crippen LogP contribution in [-0.4, -0.2) is 43.1 Å². The Labute approximate surface area is 121 Å². The number of hydrogen-bond donors (Lipinski definition) is 1. The van der Waals surface area contributed by atoms with Gasteiger partial charge in [-0.05, 0) is 57.6 Å². The Hall–Kier alpha value is -1.13. The fraction of sp³-hybridized carbons (Fsp3) is 0.533. The van der Waals surface area contributed by atoms with Crippen LogP contribution in [0.15, 0.2) is 18.2 Å². The van der Waals surface area contributed by atoms with Crippen LogP contribution >= 0.6 is 12.2 Å². The van der Waals surface area contributed by atoms with Gasteiger partial charge in [0.15, 0.2) is 0 Å². The van der Waals surface area contributed by atoms with Gasteiger partial charge in [-0.15, -0.1) is 0 Å². The second-order valence-electron chi connectivity index (χ2n) is 5.53. The Morgan fingerprint density at radius 3 is 2.58 bits per heavy atom. The average Bonchev–Trinajstić information content (AvgIpc) is 2.38. The van der Waals surface area contributed by atoms with Crippen molar-refractivity contribution in [2.45, 2.75) is 25.8 Å². The molecule has 0 aromatic heterocycles. The van der Waals surface area contributed by atoms with Crippen molar-refractivity contribution in [3.8, 4) is 0 Å². The third kappa shape index (κ3) is 3.25. The Balaban J connectivity index is 2.25. The Bertz CT molecular complexity index is 464. The first-order chi connectivity index (χ1) is 8.99. The van der Waals surface area contributed by atoms with E-state index in [1.807, 2.05) is 6.07 Å². The lowest BCUT2D eigenvalue weighted by Crippen LogP contribution is -2.42. The highest BCUT2D eigenvalue weighted by Gasteiger charge is 2.22. The highest BCUT2D eigenvalue weighted by Crippen LogP contribution is 2.26. The van der Waals surface area contributed by atoms with Crippen LogP contribution in [0.5, 0.6) is 0 Å². The quantitative estimate of drug-likeness (QED) is 0.858. The smallest absolute Gasteiger partial charge is 0.106 e. The summed E-state index contributed by atoms with van der Waals surface area (Å²) >= 11 is 5.18. The zero-order valence-corrected chi connectivity index (χ0v) is 12.8. The van der Waals surface area contributed by atoms with Gasteiger partial charge >= 0.3 is 0 Å². The Kier molecular flexibility index (Phi) is 4.42. The maximum absolute atomic E-state index is 5.85. The van der Waals surface area contributed by atoms with Crippen molar-refractivity contribution < 1.29 is 0 Å². The summed E-state index contributed by atoms with van der Waals surface area (Å²) in [7, 11) is 4.34. The van der Waals surface area contributed by atoms with Crippen molar-refractivity contribution in [3.05, 3.63) is 29.3 Å². The van der Waals surface area contributed by atoms with Crippen LogP contribution in [0.2, 0.25) is 0 Å². The van der Waals surface area contributed by atoms with Crippen molar-refractivity contribution in [3.63, 3.8) is 0 Å². The second kappa shape index (κ2) is 5.88. The number of benzene rings is 1. The molecule has 0 aliphatic carbocycles. The fourth-order valence-corrected chi connectivity index (χ4v) is 2.89. The SMILES string of the molecule is Cc1ccc(C(N)=S)c(N(C)C2CCN(C)CC2)c1. The van der Waals surface area contributed by atoms with Gasteiger partial charge in [-0.25, -0.2) is 0 Å². The third-order valence-corrected chi connectivity index (χ3v) is 4.25. The molecule has 1 aliphatic rings. The summed E-state index contributed by atoms with van der Waals surface area (Å²) in [6.07, 6.45) is 2.38. The van der Waals surface area contributed by atoms with Crippen molar-refractivity contribution >= 4 is 22.9 Å². The molecule has 0 bridgehead atoms. The van der Waals surface area contributed by atoms with Crippen LogP contribution in [-0.2, 0) is 0 Å². The number of nitrogens with two attached hydrogens (primary N) is 1. The molecule has 1 saturated heterocycles. The topological polar surface area (TPSA) is 32.5 Å². The predicted octanol–water partition coefficient (Wildman–Crippen LogP) is 2.16. The normalized spacial score (nSPS) is 17.4. The van der Waals surface area contributed by atoms with Gasteiger partial charge in [-0.1, -0.05) is 18.3 Å². The van der Waals surface area contributed by atoms with Crippen LogP contribution in [0.3, 0.4) is 0 Å². The van der Waals surface area contributed by atoms with Crippen LogP contribution in [0.1, 0.15) is 24.0 Å². The molecule has 0 spiro atoms. The maximum Gasteiger partial charge on any atom is 0.106 e. The average molecular weight is 277 g/mol. The lowest BCUT2D eigenvalue weighted by molar-refractivity contribution is 0.253. The van der Waals surface area contributed by atoms with E-state index in [-0.39, 0.29) is 0 Å². The van der Waals surface area contributed by atoms with Crippen molar-refractivity contribution in [1.82, 2.24) is 4.90 Å². The summed E-state index contributed by atoms with van der Waals surface area (Å²) in [5.74, 6) is 0. The molecule has 1 fully saturated rings. The number of piperidine rings is 1. The highest BCUT2D eigenvalue weighted by molar-refractivity contribution is 7.80. The molecule has 0 atom stereocenters. The zero-order valence-electron chi connectivity index (χ0n) is 12.0. The van der Waals surface area contributed by atoms with Crippen molar-refractivity contribution in [2.24, 2.45) is 5.73 Å². The van der Waals surface area contributed by atoms with E-state index in [9.17, 15) is 0 Å². The van der Waals surface area contributed by atoms with Crippen LogP contribution in [0.25, 0.3) is 0 Å². The van der Waals surface area contributed by atoms with Crippen LogP contribution in [0, 0.1) is 6.92 Å². The molecule has 0 unspecified atom stereocenters. The van der Waals surface area contributed by atoms with Crippen molar-refractivity contribution in [1.29, 1.82) is 0 Å². The molecule has 2 rings (SSSR count). The summed E-state index contributed by atoms with van der Waals surface area (Å²) < 4.78 is 0. The molecule has 1 aromatic rings. The molecule has 0 radical (unpaired) electrons. The van der Waals surface area contributed by atoms with E-state index >= 15 is 0 Å². The van der Waals surface area contributed by atoms with Crippen molar-refractivity contribution in [2.75, 3.05) is 32.1 Å². The lowest BCUT2D eigenvalue weighted by Gasteiger charge is -2.37. The van der Waals surface area contributed by atoms with E-state index in [0.717, 1.165) is 18.7 Å². The van der Waals surface area contributed by atoms with Gasteiger partial charge in [0.25, 0.3) is 0 Å². The molecule has 0 saturated carbocycles. The maximum atomic E-state index is 5.85. The molecule has 1 aliphatic heterocycles. The van der Waals surface area contributed by atoms with E-state index in [0.29, 0.717) is 11.0 Å². The number of thiocarbonyl (C=S) groups is 1. The zero-order chi connectivity index (χ0) is 14.0. The minimum absolute atomic E-state index is 0.481. The largest absolute Gasteiger partial charge is 0.389 e. The lowest BCUT2D eigenvalue weighted by atomic mass is 10.0. The van der Waals surface area contributed by atoms with Gasteiger partial charge < -0.3 is 15.5 Å². The molecule has 1 heterocycles. The minimum Gasteiger partial charge on any atom is -0.389 e.